The minimum Gasteiger partial charge on any atom is -0.339 e. The van der Waals surface area contributed by atoms with Crippen molar-refractivity contribution in [2.45, 2.75) is 32.5 Å². The van der Waals surface area contributed by atoms with Gasteiger partial charge in [0, 0.05) is 5.56 Å². The SMILES string of the molecule is Cc1nn([C@H]2CCS(=O)(=O)C2)c(Cl)c1C[NH2+]Cc1ccccc1. The molecule has 1 atom stereocenters. The lowest BCUT2D eigenvalue weighted by atomic mass is 10.2. The molecule has 0 radical (unpaired) electrons. The molecular formula is C16H21ClN3O2S+. The molecule has 23 heavy (non-hydrogen) atoms. The van der Waals surface area contributed by atoms with E-state index in [1.165, 1.54) is 5.56 Å². The maximum absolute atomic E-state index is 11.7. The van der Waals surface area contributed by atoms with E-state index < -0.39 is 9.84 Å². The van der Waals surface area contributed by atoms with Gasteiger partial charge in [-0.25, -0.2) is 13.1 Å². The highest BCUT2D eigenvalue weighted by molar-refractivity contribution is 7.91. The summed E-state index contributed by atoms with van der Waals surface area (Å²) < 4.78 is 25.0. The minimum atomic E-state index is -2.94. The third-order valence-electron chi connectivity index (χ3n) is 4.27. The fourth-order valence-electron chi connectivity index (χ4n) is 2.99. The van der Waals surface area contributed by atoms with Crippen LogP contribution in [0.3, 0.4) is 0 Å². The van der Waals surface area contributed by atoms with Crippen LogP contribution in [0.1, 0.15) is 29.3 Å². The van der Waals surface area contributed by atoms with Crippen molar-refractivity contribution in [3.05, 3.63) is 52.3 Å². The Bertz CT molecular complexity index is 787. The average Bonchev–Trinajstić information content (AvgIpc) is 3.01. The Morgan fingerprint density at radius 1 is 1.30 bits per heavy atom. The molecule has 0 amide bonds. The molecule has 1 aliphatic heterocycles. The Hall–Kier alpha value is -1.37. The van der Waals surface area contributed by atoms with Gasteiger partial charge < -0.3 is 5.32 Å². The lowest BCUT2D eigenvalue weighted by Crippen LogP contribution is -2.80. The highest BCUT2D eigenvalue weighted by atomic mass is 35.5. The van der Waals surface area contributed by atoms with Crippen molar-refractivity contribution in [1.29, 1.82) is 0 Å². The first kappa shape index (κ1) is 16.5. The molecule has 2 N–H and O–H groups in total. The van der Waals surface area contributed by atoms with Crippen molar-refractivity contribution in [2.24, 2.45) is 0 Å². The van der Waals surface area contributed by atoms with Crippen molar-refractivity contribution in [3.63, 3.8) is 0 Å². The molecule has 0 unspecified atom stereocenters. The molecule has 1 aromatic heterocycles. The van der Waals surface area contributed by atoms with Gasteiger partial charge in [0.05, 0.1) is 28.8 Å². The summed E-state index contributed by atoms with van der Waals surface area (Å²) in [5.74, 6) is 0.364. The normalized spacial score (nSPS) is 20.0. The predicted octanol–water partition coefficient (Wildman–Crippen LogP) is 1.47. The molecule has 2 aromatic rings. The van der Waals surface area contributed by atoms with Gasteiger partial charge in [-0.1, -0.05) is 41.9 Å². The number of aryl methyl sites for hydroxylation is 1. The Morgan fingerprint density at radius 2 is 2.04 bits per heavy atom. The zero-order valence-corrected chi connectivity index (χ0v) is 14.6. The summed E-state index contributed by atoms with van der Waals surface area (Å²) in [7, 11) is -2.94. The molecule has 0 saturated carbocycles. The van der Waals surface area contributed by atoms with E-state index in [2.05, 4.69) is 22.5 Å². The van der Waals surface area contributed by atoms with Crippen LogP contribution in [0.4, 0.5) is 0 Å². The van der Waals surface area contributed by atoms with Gasteiger partial charge in [-0.2, -0.15) is 5.10 Å². The van der Waals surface area contributed by atoms with Crippen LogP contribution in [-0.2, 0) is 22.9 Å². The molecular weight excluding hydrogens is 334 g/mol. The third-order valence-corrected chi connectivity index (χ3v) is 6.42. The molecule has 2 heterocycles. The van der Waals surface area contributed by atoms with Crippen molar-refractivity contribution in [1.82, 2.24) is 9.78 Å². The van der Waals surface area contributed by atoms with Crippen LogP contribution in [0.25, 0.3) is 0 Å². The van der Waals surface area contributed by atoms with Gasteiger partial charge in [0.1, 0.15) is 18.2 Å². The number of sulfone groups is 1. The zero-order chi connectivity index (χ0) is 16.4. The third kappa shape index (κ3) is 3.76. The summed E-state index contributed by atoms with van der Waals surface area (Å²) in [5.41, 5.74) is 3.13. The fourth-order valence-corrected chi connectivity index (χ4v) is 5.07. The molecule has 7 heteroatoms. The second-order valence-electron chi connectivity index (χ2n) is 6.04. The van der Waals surface area contributed by atoms with Gasteiger partial charge in [0.25, 0.3) is 0 Å². The number of aromatic nitrogens is 2. The number of nitrogens with zero attached hydrogens (tertiary/aromatic N) is 2. The molecule has 0 aliphatic carbocycles. The van der Waals surface area contributed by atoms with E-state index in [1.807, 2.05) is 25.1 Å². The van der Waals surface area contributed by atoms with Gasteiger partial charge in [-0.15, -0.1) is 0 Å². The first-order chi connectivity index (χ1) is 11.0. The number of nitrogens with two attached hydrogens (primary N) is 1. The monoisotopic (exact) mass is 354 g/mol. The van der Waals surface area contributed by atoms with E-state index in [-0.39, 0.29) is 17.5 Å². The molecule has 1 aliphatic rings. The number of hydrogen-bond acceptors (Lipinski definition) is 3. The van der Waals surface area contributed by atoms with Crippen LogP contribution in [0.5, 0.6) is 0 Å². The largest absolute Gasteiger partial charge is 0.339 e. The Kier molecular flexibility index (Phi) is 4.75. The molecule has 124 valence electrons. The number of hydrogen-bond donors (Lipinski definition) is 1. The second kappa shape index (κ2) is 6.63. The van der Waals surface area contributed by atoms with Crippen LogP contribution in [0.2, 0.25) is 5.15 Å². The fraction of sp³-hybridized carbons (Fsp3) is 0.438. The van der Waals surface area contributed by atoms with Crippen LogP contribution in [0.15, 0.2) is 30.3 Å². The van der Waals surface area contributed by atoms with Crippen LogP contribution in [0, 0.1) is 6.92 Å². The van der Waals surface area contributed by atoms with E-state index in [1.54, 1.807) is 4.68 Å². The molecule has 5 nitrogen and oxygen atoms in total. The molecule has 1 saturated heterocycles. The smallest absolute Gasteiger partial charge is 0.152 e. The second-order valence-corrected chi connectivity index (χ2v) is 8.63. The maximum atomic E-state index is 11.7. The van der Waals surface area contributed by atoms with E-state index in [0.29, 0.717) is 11.6 Å². The average molecular weight is 355 g/mol. The number of halogens is 1. The zero-order valence-electron chi connectivity index (χ0n) is 13.1. The summed E-state index contributed by atoms with van der Waals surface area (Å²) in [6, 6.07) is 10.1. The molecule has 1 fully saturated rings. The first-order valence-corrected chi connectivity index (χ1v) is 9.96. The van der Waals surface area contributed by atoms with Crippen LogP contribution >= 0.6 is 11.6 Å². The number of quaternary nitrogens is 1. The summed E-state index contributed by atoms with van der Waals surface area (Å²) >= 11 is 6.47. The van der Waals surface area contributed by atoms with Gasteiger partial charge >= 0.3 is 0 Å². The first-order valence-electron chi connectivity index (χ1n) is 7.76. The highest BCUT2D eigenvalue weighted by Gasteiger charge is 2.32. The van der Waals surface area contributed by atoms with Crippen molar-refractivity contribution in [3.8, 4) is 0 Å². The summed E-state index contributed by atoms with van der Waals surface area (Å²) in [6.07, 6.45) is 0.594. The van der Waals surface area contributed by atoms with Gasteiger partial charge in [-0.3, -0.25) is 0 Å². The standard InChI is InChI=1S/C16H20ClN3O2S/c1-12-15(10-18-9-13-5-3-2-4-6-13)16(17)20(19-12)14-7-8-23(21,22)11-14/h2-6,14,18H,7-11H2,1H3/p+1/t14-/m0/s1. The van der Waals surface area contributed by atoms with E-state index in [0.717, 1.165) is 24.3 Å². The summed E-state index contributed by atoms with van der Waals surface area (Å²) in [4.78, 5) is 0. The lowest BCUT2D eigenvalue weighted by molar-refractivity contribution is -0.686. The molecule has 3 rings (SSSR count). The van der Waals surface area contributed by atoms with Gasteiger partial charge in [-0.05, 0) is 13.3 Å². The lowest BCUT2D eigenvalue weighted by Gasteiger charge is -2.09. The van der Waals surface area contributed by atoms with E-state index >= 15 is 0 Å². The van der Waals surface area contributed by atoms with Gasteiger partial charge in [0.2, 0.25) is 0 Å². The van der Waals surface area contributed by atoms with Gasteiger partial charge in [0.15, 0.2) is 9.84 Å². The summed E-state index contributed by atoms with van der Waals surface area (Å²) in [5, 5.41) is 7.24. The topological polar surface area (TPSA) is 68.6 Å². The van der Waals surface area contributed by atoms with E-state index in [4.69, 9.17) is 11.6 Å². The summed E-state index contributed by atoms with van der Waals surface area (Å²) in [6.45, 7) is 3.54. The number of rotatable bonds is 5. The Morgan fingerprint density at radius 3 is 2.70 bits per heavy atom. The molecule has 1 aromatic carbocycles. The number of benzene rings is 1. The van der Waals surface area contributed by atoms with Crippen molar-refractivity contribution < 1.29 is 13.7 Å². The highest BCUT2D eigenvalue weighted by Crippen LogP contribution is 2.29. The van der Waals surface area contributed by atoms with Crippen LogP contribution < -0.4 is 5.32 Å². The molecule has 0 bridgehead atoms. The minimum absolute atomic E-state index is 0.130. The van der Waals surface area contributed by atoms with Crippen molar-refractivity contribution >= 4 is 21.4 Å². The Balaban J connectivity index is 1.69. The van der Waals surface area contributed by atoms with Crippen molar-refractivity contribution in [2.75, 3.05) is 11.5 Å². The van der Waals surface area contributed by atoms with E-state index in [9.17, 15) is 8.42 Å². The van der Waals surface area contributed by atoms with Crippen LogP contribution in [-0.4, -0.2) is 29.7 Å². The predicted molar refractivity (Wildman–Crippen MR) is 90.1 cm³/mol. The quantitative estimate of drug-likeness (QED) is 0.884. The Labute approximate surface area is 141 Å². The maximum Gasteiger partial charge on any atom is 0.152 e. The molecule has 0 spiro atoms.